The van der Waals surface area contributed by atoms with Crippen LogP contribution in [-0.4, -0.2) is 15.0 Å². The minimum Gasteiger partial charge on any atom is -0.438 e. The van der Waals surface area contributed by atoms with Crippen LogP contribution in [0.4, 0.5) is 0 Å². The van der Waals surface area contributed by atoms with Gasteiger partial charge in [-0.05, 0) is 47.5 Å². The highest BCUT2D eigenvalue weighted by atomic mass is 16.5. The fourth-order valence-electron chi connectivity index (χ4n) is 3.83. The third kappa shape index (κ3) is 3.83. The van der Waals surface area contributed by atoms with Crippen LogP contribution < -0.4 is 4.74 Å². The maximum Gasteiger partial charge on any atom is 0.230 e. The molecular weight excluding hydrogens is 394 g/mol. The van der Waals surface area contributed by atoms with Gasteiger partial charge in [-0.2, -0.15) is 4.98 Å². The first-order chi connectivity index (χ1) is 15.6. The van der Waals surface area contributed by atoms with Crippen molar-refractivity contribution in [2.24, 2.45) is 0 Å². The Morgan fingerprint density at radius 1 is 0.656 bits per heavy atom. The van der Waals surface area contributed by atoms with Gasteiger partial charge in [0.1, 0.15) is 5.75 Å². The van der Waals surface area contributed by atoms with E-state index in [1.165, 1.54) is 11.1 Å². The van der Waals surface area contributed by atoms with Crippen LogP contribution in [-0.2, 0) is 5.41 Å². The molecule has 0 spiro atoms. The molecular formula is C28H23N3O. The van der Waals surface area contributed by atoms with Crippen molar-refractivity contribution >= 4 is 10.9 Å². The van der Waals surface area contributed by atoms with E-state index in [1.807, 2.05) is 54.6 Å². The van der Waals surface area contributed by atoms with Gasteiger partial charge in [-0.15, -0.1) is 0 Å². The second-order valence-corrected chi connectivity index (χ2v) is 8.22. The molecule has 0 amide bonds. The normalized spacial score (nSPS) is 11.4. The number of pyridine rings is 1. The molecule has 0 saturated heterocycles. The van der Waals surface area contributed by atoms with Crippen molar-refractivity contribution in [1.82, 2.24) is 15.0 Å². The van der Waals surface area contributed by atoms with Gasteiger partial charge < -0.3 is 4.74 Å². The van der Waals surface area contributed by atoms with E-state index >= 15 is 0 Å². The summed E-state index contributed by atoms with van der Waals surface area (Å²) in [5.74, 6) is 1.89. The van der Waals surface area contributed by atoms with E-state index in [0.717, 1.165) is 22.2 Å². The van der Waals surface area contributed by atoms with E-state index in [-0.39, 0.29) is 5.41 Å². The number of hydrogen-bond acceptors (Lipinski definition) is 4. The molecule has 4 heteroatoms. The van der Waals surface area contributed by atoms with Crippen LogP contribution in [0, 0.1) is 0 Å². The minimum absolute atomic E-state index is 0.101. The van der Waals surface area contributed by atoms with Crippen LogP contribution in [0.15, 0.2) is 103 Å². The predicted octanol–water partition coefficient (Wildman–Crippen LogP) is 6.81. The van der Waals surface area contributed by atoms with Gasteiger partial charge in [0.25, 0.3) is 0 Å². The molecule has 5 rings (SSSR count). The molecule has 0 aliphatic carbocycles. The molecule has 156 valence electrons. The van der Waals surface area contributed by atoms with Crippen LogP contribution in [0.2, 0.25) is 0 Å². The zero-order valence-electron chi connectivity index (χ0n) is 18.1. The minimum atomic E-state index is -0.101. The number of ether oxygens (including phenoxy) is 1. The average Bonchev–Trinajstić information content (AvgIpc) is 2.85. The summed E-state index contributed by atoms with van der Waals surface area (Å²) in [7, 11) is 0. The number of benzene rings is 3. The third-order valence-corrected chi connectivity index (χ3v) is 5.79. The van der Waals surface area contributed by atoms with Crippen LogP contribution in [0.5, 0.6) is 11.6 Å². The van der Waals surface area contributed by atoms with Crippen molar-refractivity contribution in [3.8, 4) is 23.0 Å². The molecule has 0 atom stereocenters. The fourth-order valence-corrected chi connectivity index (χ4v) is 3.83. The van der Waals surface area contributed by atoms with Gasteiger partial charge in [0, 0.05) is 23.4 Å². The summed E-state index contributed by atoms with van der Waals surface area (Å²) in [5, 5.41) is 0.874. The van der Waals surface area contributed by atoms with E-state index in [9.17, 15) is 0 Å². The Hall–Kier alpha value is -4.05. The molecule has 0 aliphatic rings. The molecule has 0 fully saturated rings. The van der Waals surface area contributed by atoms with Gasteiger partial charge in [-0.25, -0.2) is 4.98 Å². The molecule has 5 aromatic rings. The largest absolute Gasteiger partial charge is 0.438 e. The zero-order chi connectivity index (χ0) is 22.0. The highest BCUT2D eigenvalue weighted by Crippen LogP contribution is 2.34. The Bertz CT molecular complexity index is 1350. The lowest BCUT2D eigenvalue weighted by Gasteiger charge is -2.26. The van der Waals surface area contributed by atoms with Crippen molar-refractivity contribution < 1.29 is 4.74 Å². The molecule has 0 saturated carbocycles. The maximum atomic E-state index is 6.26. The quantitative estimate of drug-likeness (QED) is 0.315. The Kier molecular flexibility index (Phi) is 5.12. The Labute approximate surface area is 187 Å². The van der Waals surface area contributed by atoms with Gasteiger partial charge in [0.2, 0.25) is 5.88 Å². The first-order valence-corrected chi connectivity index (χ1v) is 10.6. The van der Waals surface area contributed by atoms with Gasteiger partial charge in [0.15, 0.2) is 5.82 Å². The molecule has 0 unspecified atom stereocenters. The molecule has 3 aromatic carbocycles. The molecule has 4 nitrogen and oxygen atoms in total. The maximum absolute atomic E-state index is 6.26. The third-order valence-electron chi connectivity index (χ3n) is 5.79. The standard InChI is InChI=1S/C28H23N3O/c1-28(2,21-8-4-3-5-9-21)22-12-14-23(15-13-22)32-27-24-10-6-7-11-25(24)30-26(31-27)20-16-18-29-19-17-20/h3-19H,1-2H3. The lowest BCUT2D eigenvalue weighted by molar-refractivity contribution is 0.468. The highest BCUT2D eigenvalue weighted by molar-refractivity contribution is 5.85. The smallest absolute Gasteiger partial charge is 0.230 e. The molecule has 32 heavy (non-hydrogen) atoms. The van der Waals surface area contributed by atoms with Crippen LogP contribution >= 0.6 is 0 Å². The topological polar surface area (TPSA) is 47.9 Å². The lowest BCUT2D eigenvalue weighted by Crippen LogP contribution is -2.18. The van der Waals surface area contributed by atoms with E-state index < -0.39 is 0 Å². The number of hydrogen-bond donors (Lipinski definition) is 0. The van der Waals surface area contributed by atoms with Gasteiger partial charge >= 0.3 is 0 Å². The lowest BCUT2D eigenvalue weighted by atomic mass is 9.78. The van der Waals surface area contributed by atoms with E-state index in [0.29, 0.717) is 11.7 Å². The highest BCUT2D eigenvalue weighted by Gasteiger charge is 2.22. The van der Waals surface area contributed by atoms with Crippen molar-refractivity contribution in [3.63, 3.8) is 0 Å². The van der Waals surface area contributed by atoms with Crippen molar-refractivity contribution in [2.75, 3.05) is 0 Å². The second-order valence-electron chi connectivity index (χ2n) is 8.22. The Balaban J connectivity index is 1.49. The Morgan fingerprint density at radius 3 is 2.06 bits per heavy atom. The van der Waals surface area contributed by atoms with Gasteiger partial charge in [-0.3, -0.25) is 4.98 Å². The van der Waals surface area contributed by atoms with Gasteiger partial charge in [-0.1, -0.05) is 68.4 Å². The number of nitrogens with zero attached hydrogens (tertiary/aromatic N) is 3. The van der Waals surface area contributed by atoms with E-state index in [2.05, 4.69) is 55.2 Å². The first-order valence-electron chi connectivity index (χ1n) is 10.6. The van der Waals surface area contributed by atoms with Crippen molar-refractivity contribution in [1.29, 1.82) is 0 Å². The number of para-hydroxylation sites is 1. The second kappa shape index (κ2) is 8.23. The summed E-state index contributed by atoms with van der Waals surface area (Å²) in [5.41, 5.74) is 4.14. The van der Waals surface area contributed by atoms with Crippen LogP contribution in [0.25, 0.3) is 22.3 Å². The number of rotatable bonds is 5. The van der Waals surface area contributed by atoms with Gasteiger partial charge in [0.05, 0.1) is 10.9 Å². The van der Waals surface area contributed by atoms with E-state index in [1.54, 1.807) is 12.4 Å². The molecule has 2 heterocycles. The van der Waals surface area contributed by atoms with E-state index in [4.69, 9.17) is 14.7 Å². The summed E-state index contributed by atoms with van der Waals surface area (Å²) in [4.78, 5) is 13.5. The Morgan fingerprint density at radius 2 is 1.31 bits per heavy atom. The molecule has 0 radical (unpaired) electrons. The fraction of sp³-hybridized carbons (Fsp3) is 0.107. The molecule has 0 N–H and O–H groups in total. The van der Waals surface area contributed by atoms with Crippen molar-refractivity contribution in [2.45, 2.75) is 19.3 Å². The molecule has 0 bridgehead atoms. The van der Waals surface area contributed by atoms with Crippen LogP contribution in [0.3, 0.4) is 0 Å². The summed E-state index contributed by atoms with van der Waals surface area (Å²) in [6.45, 7) is 4.47. The average molecular weight is 418 g/mol. The monoisotopic (exact) mass is 417 g/mol. The first kappa shape index (κ1) is 19.9. The molecule has 2 aromatic heterocycles. The molecule has 0 aliphatic heterocycles. The van der Waals surface area contributed by atoms with Crippen LogP contribution in [0.1, 0.15) is 25.0 Å². The van der Waals surface area contributed by atoms with Crippen molar-refractivity contribution in [3.05, 3.63) is 115 Å². The summed E-state index contributed by atoms with van der Waals surface area (Å²) >= 11 is 0. The predicted molar refractivity (Wildman–Crippen MR) is 128 cm³/mol. The SMILES string of the molecule is CC(C)(c1ccccc1)c1ccc(Oc2nc(-c3ccncc3)nc3ccccc23)cc1. The summed E-state index contributed by atoms with van der Waals surface area (Å²) < 4.78 is 6.26. The summed E-state index contributed by atoms with van der Waals surface area (Å²) in [6, 6.07) is 30.5. The summed E-state index contributed by atoms with van der Waals surface area (Å²) in [6.07, 6.45) is 3.48. The zero-order valence-corrected chi connectivity index (χ0v) is 18.1. The number of fused-ring (bicyclic) bond motifs is 1. The number of aromatic nitrogens is 3.